The van der Waals surface area contributed by atoms with Crippen molar-refractivity contribution < 1.29 is 4.74 Å². The first-order valence-corrected chi connectivity index (χ1v) is 6.93. The van der Waals surface area contributed by atoms with Crippen LogP contribution < -0.4 is 5.32 Å². The maximum Gasteiger partial charge on any atom is 0.0876 e. The standard InChI is InChI=1S/C16H21NO/c1-17-16(14-7-4-8-18-11-14)15-9-12-5-2-3-6-13(12)10-15/h2-3,5-6,11,15-17H,4,7-10H2,1H3. The zero-order valence-electron chi connectivity index (χ0n) is 11.0. The summed E-state index contributed by atoms with van der Waals surface area (Å²) in [6.07, 6.45) is 6.72. The van der Waals surface area contributed by atoms with E-state index in [1.807, 2.05) is 6.26 Å². The van der Waals surface area contributed by atoms with Crippen LogP contribution in [0.2, 0.25) is 0 Å². The summed E-state index contributed by atoms with van der Waals surface area (Å²) in [4.78, 5) is 0. The highest BCUT2D eigenvalue weighted by molar-refractivity contribution is 5.34. The van der Waals surface area contributed by atoms with Crippen molar-refractivity contribution >= 4 is 0 Å². The van der Waals surface area contributed by atoms with Crippen LogP contribution in [0.25, 0.3) is 0 Å². The second kappa shape index (κ2) is 5.15. The van der Waals surface area contributed by atoms with Crippen molar-refractivity contribution in [3.05, 3.63) is 47.2 Å². The molecule has 1 atom stereocenters. The molecular formula is C16H21NO. The first-order chi connectivity index (χ1) is 8.88. The minimum atomic E-state index is 0.470. The van der Waals surface area contributed by atoms with Gasteiger partial charge < -0.3 is 10.1 Å². The van der Waals surface area contributed by atoms with E-state index in [4.69, 9.17) is 4.74 Å². The summed E-state index contributed by atoms with van der Waals surface area (Å²) in [5.41, 5.74) is 4.50. The summed E-state index contributed by atoms with van der Waals surface area (Å²) in [6, 6.07) is 9.32. The van der Waals surface area contributed by atoms with E-state index < -0.39 is 0 Å². The molecule has 2 nitrogen and oxygen atoms in total. The largest absolute Gasteiger partial charge is 0.501 e. The summed E-state index contributed by atoms with van der Waals surface area (Å²) in [6.45, 7) is 0.880. The lowest BCUT2D eigenvalue weighted by Crippen LogP contribution is -2.36. The highest BCUT2D eigenvalue weighted by Gasteiger charge is 2.30. The molecule has 1 heterocycles. The molecule has 0 saturated carbocycles. The van der Waals surface area contributed by atoms with E-state index in [-0.39, 0.29) is 0 Å². The van der Waals surface area contributed by atoms with Gasteiger partial charge >= 0.3 is 0 Å². The third kappa shape index (κ3) is 2.17. The molecule has 2 heteroatoms. The third-order valence-electron chi connectivity index (χ3n) is 4.23. The van der Waals surface area contributed by atoms with Crippen molar-refractivity contribution in [3.8, 4) is 0 Å². The smallest absolute Gasteiger partial charge is 0.0876 e. The van der Waals surface area contributed by atoms with Gasteiger partial charge in [-0.15, -0.1) is 0 Å². The van der Waals surface area contributed by atoms with Crippen LogP contribution in [0.1, 0.15) is 24.0 Å². The maximum absolute atomic E-state index is 5.50. The van der Waals surface area contributed by atoms with Gasteiger partial charge in [0.25, 0.3) is 0 Å². The normalized spacial score (nSPS) is 21.1. The van der Waals surface area contributed by atoms with E-state index in [1.54, 1.807) is 0 Å². The van der Waals surface area contributed by atoms with Gasteiger partial charge in [0.1, 0.15) is 0 Å². The van der Waals surface area contributed by atoms with E-state index in [1.165, 1.54) is 36.0 Å². The summed E-state index contributed by atoms with van der Waals surface area (Å²) >= 11 is 0. The SMILES string of the molecule is CNC(C1=COCCC1)C1Cc2ccccc2C1. The molecule has 96 valence electrons. The van der Waals surface area contributed by atoms with Crippen LogP contribution in [-0.4, -0.2) is 19.7 Å². The second-order valence-electron chi connectivity index (χ2n) is 5.37. The van der Waals surface area contributed by atoms with Gasteiger partial charge in [-0.3, -0.25) is 0 Å². The number of rotatable bonds is 3. The van der Waals surface area contributed by atoms with E-state index in [9.17, 15) is 0 Å². The Morgan fingerprint density at radius 1 is 1.22 bits per heavy atom. The second-order valence-corrected chi connectivity index (χ2v) is 5.37. The highest BCUT2D eigenvalue weighted by Crippen LogP contribution is 2.32. The van der Waals surface area contributed by atoms with Crippen LogP contribution >= 0.6 is 0 Å². The Kier molecular flexibility index (Phi) is 3.37. The third-order valence-corrected chi connectivity index (χ3v) is 4.23. The Morgan fingerprint density at radius 3 is 2.50 bits per heavy atom. The Labute approximate surface area is 109 Å². The van der Waals surface area contributed by atoms with Crippen molar-refractivity contribution in [1.82, 2.24) is 5.32 Å². The van der Waals surface area contributed by atoms with Gasteiger partial charge in [0.05, 0.1) is 12.9 Å². The molecule has 18 heavy (non-hydrogen) atoms. The fourth-order valence-electron chi connectivity index (χ4n) is 3.37. The molecule has 3 rings (SSSR count). The van der Waals surface area contributed by atoms with Crippen LogP contribution in [-0.2, 0) is 17.6 Å². The van der Waals surface area contributed by atoms with Crippen LogP contribution in [0.4, 0.5) is 0 Å². The molecule has 2 aliphatic rings. The maximum atomic E-state index is 5.50. The number of nitrogens with one attached hydrogen (secondary N) is 1. The molecule has 1 aliphatic carbocycles. The molecule has 1 aliphatic heterocycles. The van der Waals surface area contributed by atoms with Gasteiger partial charge in [-0.25, -0.2) is 0 Å². The number of likely N-dealkylation sites (N-methyl/N-ethyl adjacent to an activating group) is 1. The molecule has 0 fully saturated rings. The van der Waals surface area contributed by atoms with Gasteiger partial charge in [-0.2, -0.15) is 0 Å². The van der Waals surface area contributed by atoms with E-state index >= 15 is 0 Å². The van der Waals surface area contributed by atoms with E-state index in [2.05, 4.69) is 36.6 Å². The van der Waals surface area contributed by atoms with Gasteiger partial charge in [0, 0.05) is 6.04 Å². The number of hydrogen-bond acceptors (Lipinski definition) is 2. The number of hydrogen-bond donors (Lipinski definition) is 1. The molecule has 1 N–H and O–H groups in total. The van der Waals surface area contributed by atoms with Crippen LogP contribution in [0.5, 0.6) is 0 Å². The average Bonchev–Trinajstić information content (AvgIpc) is 2.84. The summed E-state index contributed by atoms with van der Waals surface area (Å²) in [7, 11) is 2.07. The van der Waals surface area contributed by atoms with Gasteiger partial charge in [-0.1, -0.05) is 24.3 Å². The predicted octanol–water partition coefficient (Wildman–Crippen LogP) is 2.68. The molecule has 1 aromatic carbocycles. The lowest BCUT2D eigenvalue weighted by Gasteiger charge is -2.27. The summed E-state index contributed by atoms with van der Waals surface area (Å²) in [5.74, 6) is 0.681. The number of benzene rings is 1. The molecule has 0 radical (unpaired) electrons. The molecule has 1 unspecified atom stereocenters. The predicted molar refractivity (Wildman–Crippen MR) is 73.5 cm³/mol. The first-order valence-electron chi connectivity index (χ1n) is 6.93. The lowest BCUT2D eigenvalue weighted by atomic mass is 9.88. The van der Waals surface area contributed by atoms with E-state index in [0.29, 0.717) is 12.0 Å². The molecule has 1 aromatic rings. The molecule has 0 aromatic heterocycles. The molecule has 0 saturated heterocycles. The Balaban J connectivity index is 1.77. The van der Waals surface area contributed by atoms with Crippen LogP contribution in [0.15, 0.2) is 36.1 Å². The zero-order valence-corrected chi connectivity index (χ0v) is 11.0. The van der Waals surface area contributed by atoms with Crippen molar-refractivity contribution in [1.29, 1.82) is 0 Å². The topological polar surface area (TPSA) is 21.3 Å². The zero-order chi connectivity index (χ0) is 12.4. The monoisotopic (exact) mass is 243 g/mol. The molecule has 0 amide bonds. The first kappa shape index (κ1) is 11.8. The minimum Gasteiger partial charge on any atom is -0.501 e. The molecular weight excluding hydrogens is 222 g/mol. The lowest BCUT2D eigenvalue weighted by molar-refractivity contribution is 0.215. The fourth-order valence-corrected chi connectivity index (χ4v) is 3.37. The minimum absolute atomic E-state index is 0.470. The number of ether oxygens (including phenoxy) is 1. The Morgan fingerprint density at radius 2 is 1.94 bits per heavy atom. The fraction of sp³-hybridized carbons (Fsp3) is 0.500. The van der Waals surface area contributed by atoms with Crippen LogP contribution in [0, 0.1) is 5.92 Å². The van der Waals surface area contributed by atoms with Crippen LogP contribution in [0.3, 0.4) is 0 Å². The van der Waals surface area contributed by atoms with Crippen molar-refractivity contribution in [2.75, 3.05) is 13.7 Å². The van der Waals surface area contributed by atoms with E-state index in [0.717, 1.165) is 13.0 Å². The van der Waals surface area contributed by atoms with Crippen molar-refractivity contribution in [3.63, 3.8) is 0 Å². The number of fused-ring (bicyclic) bond motifs is 1. The Hall–Kier alpha value is -1.28. The van der Waals surface area contributed by atoms with Gasteiger partial charge in [0.2, 0.25) is 0 Å². The van der Waals surface area contributed by atoms with Gasteiger partial charge in [-0.05, 0) is 55.3 Å². The van der Waals surface area contributed by atoms with Crippen molar-refractivity contribution in [2.24, 2.45) is 5.92 Å². The van der Waals surface area contributed by atoms with Crippen molar-refractivity contribution in [2.45, 2.75) is 31.7 Å². The summed E-state index contributed by atoms with van der Waals surface area (Å²) in [5, 5.41) is 3.50. The quantitative estimate of drug-likeness (QED) is 0.881. The molecule has 0 spiro atoms. The molecule has 0 bridgehead atoms. The average molecular weight is 243 g/mol. The summed E-state index contributed by atoms with van der Waals surface area (Å²) < 4.78 is 5.50. The Bertz CT molecular complexity index is 427. The van der Waals surface area contributed by atoms with Gasteiger partial charge in [0.15, 0.2) is 0 Å². The highest BCUT2D eigenvalue weighted by atomic mass is 16.5.